The van der Waals surface area contributed by atoms with Gasteiger partial charge in [0, 0.05) is 6.42 Å². The maximum atomic E-state index is 13.1. The SMILES string of the molecule is CC/C=C/C/C=C/C/C=C/CCCCC(CC(=O)NC(CO)C(O)CCCCCCCCCCCCC)OC(=O)CCCCCCC/C=C\CCCCC. The smallest absolute Gasteiger partial charge is 0.306 e. The Bertz CT molecular complexity index is 941. The zero-order chi connectivity index (χ0) is 39.6. The molecule has 1 amide bonds. The van der Waals surface area contributed by atoms with Crippen LogP contribution in [-0.4, -0.2) is 46.9 Å². The summed E-state index contributed by atoms with van der Waals surface area (Å²) in [6.07, 6.45) is 48.8. The molecule has 0 aromatic heterocycles. The van der Waals surface area contributed by atoms with Crippen LogP contribution in [0.25, 0.3) is 0 Å². The fourth-order valence-corrected chi connectivity index (χ4v) is 6.67. The van der Waals surface area contributed by atoms with Crippen molar-refractivity contribution < 1.29 is 24.5 Å². The van der Waals surface area contributed by atoms with Crippen LogP contribution in [0.4, 0.5) is 0 Å². The normalized spacial score (nSPS) is 13.8. The van der Waals surface area contributed by atoms with Crippen molar-refractivity contribution in [3.8, 4) is 0 Å². The Balaban J connectivity index is 4.66. The van der Waals surface area contributed by atoms with Crippen molar-refractivity contribution >= 4 is 11.9 Å². The lowest BCUT2D eigenvalue weighted by molar-refractivity contribution is -0.151. The van der Waals surface area contributed by atoms with Crippen LogP contribution in [0.15, 0.2) is 48.6 Å². The van der Waals surface area contributed by atoms with Gasteiger partial charge in [0.25, 0.3) is 0 Å². The zero-order valence-electron chi connectivity index (χ0n) is 35.6. The number of nitrogens with one attached hydrogen (secondary N) is 1. The lowest BCUT2D eigenvalue weighted by Crippen LogP contribution is -2.46. The summed E-state index contributed by atoms with van der Waals surface area (Å²) in [7, 11) is 0. The molecule has 6 nitrogen and oxygen atoms in total. The largest absolute Gasteiger partial charge is 0.462 e. The molecule has 3 N–H and O–H groups in total. The first-order chi connectivity index (χ1) is 26.5. The van der Waals surface area contributed by atoms with Gasteiger partial charge in [0.1, 0.15) is 6.10 Å². The number of ether oxygens (including phenoxy) is 1. The number of rotatable bonds is 40. The van der Waals surface area contributed by atoms with Crippen LogP contribution in [0.2, 0.25) is 0 Å². The summed E-state index contributed by atoms with van der Waals surface area (Å²) in [4.78, 5) is 25.9. The number of carbonyl (C=O) groups is 2. The summed E-state index contributed by atoms with van der Waals surface area (Å²) in [6.45, 7) is 6.31. The Morgan fingerprint density at radius 3 is 1.59 bits per heavy atom. The van der Waals surface area contributed by atoms with Crippen LogP contribution in [0, 0.1) is 0 Å². The molecule has 3 atom stereocenters. The van der Waals surface area contributed by atoms with Gasteiger partial charge in [-0.3, -0.25) is 9.59 Å². The molecule has 0 spiro atoms. The highest BCUT2D eigenvalue weighted by atomic mass is 16.5. The van der Waals surface area contributed by atoms with Crippen molar-refractivity contribution in [3.63, 3.8) is 0 Å². The van der Waals surface area contributed by atoms with E-state index in [2.05, 4.69) is 74.7 Å². The minimum absolute atomic E-state index is 0.0481. The predicted molar refractivity (Wildman–Crippen MR) is 232 cm³/mol. The van der Waals surface area contributed by atoms with Crippen molar-refractivity contribution in [3.05, 3.63) is 48.6 Å². The number of aliphatic hydroxyl groups is 2. The Labute approximate surface area is 334 Å². The van der Waals surface area contributed by atoms with Gasteiger partial charge in [-0.25, -0.2) is 0 Å². The number of allylic oxidation sites excluding steroid dienone is 8. The summed E-state index contributed by atoms with van der Waals surface area (Å²) in [5.74, 6) is -0.525. The quantitative estimate of drug-likeness (QED) is 0.0329. The van der Waals surface area contributed by atoms with E-state index >= 15 is 0 Å². The van der Waals surface area contributed by atoms with Crippen molar-refractivity contribution in [2.45, 2.75) is 238 Å². The summed E-state index contributed by atoms with van der Waals surface area (Å²) >= 11 is 0. The predicted octanol–water partition coefficient (Wildman–Crippen LogP) is 13.1. The molecule has 0 fully saturated rings. The van der Waals surface area contributed by atoms with E-state index in [1.807, 2.05) is 0 Å². The van der Waals surface area contributed by atoms with E-state index in [4.69, 9.17) is 4.74 Å². The van der Waals surface area contributed by atoms with Crippen LogP contribution in [0.1, 0.15) is 220 Å². The number of amides is 1. The molecule has 0 saturated carbocycles. The van der Waals surface area contributed by atoms with Gasteiger partial charge in [-0.2, -0.15) is 0 Å². The average molecular weight is 758 g/mol. The standard InChI is InChI=1S/C48H87NO5/c1-4-7-10-13-16-19-22-25-27-30-33-36-39-44(54-48(53)41-38-35-32-29-26-23-20-17-14-11-8-5-2)42-47(52)49-45(43-50)46(51)40-37-34-31-28-24-21-18-15-12-9-6-3/h7,10,16-17,19-20,25,27,44-46,50-51H,4-6,8-9,11-15,18,21-24,26,28-43H2,1-3H3,(H,49,52)/b10-7+,19-16+,20-17-,27-25+. The molecule has 3 unspecified atom stereocenters. The third-order valence-corrected chi connectivity index (χ3v) is 10.1. The van der Waals surface area contributed by atoms with Crippen LogP contribution in [0.5, 0.6) is 0 Å². The Morgan fingerprint density at radius 1 is 0.556 bits per heavy atom. The van der Waals surface area contributed by atoms with E-state index in [0.29, 0.717) is 19.3 Å². The monoisotopic (exact) mass is 758 g/mol. The van der Waals surface area contributed by atoms with E-state index in [-0.39, 0.29) is 24.9 Å². The maximum Gasteiger partial charge on any atom is 0.306 e. The average Bonchev–Trinajstić information content (AvgIpc) is 3.16. The minimum atomic E-state index is -0.797. The fourth-order valence-electron chi connectivity index (χ4n) is 6.67. The first-order valence-corrected chi connectivity index (χ1v) is 22.9. The lowest BCUT2D eigenvalue weighted by Gasteiger charge is -2.24. The molecule has 0 aliphatic rings. The van der Waals surface area contributed by atoms with Gasteiger partial charge in [0.2, 0.25) is 5.91 Å². The van der Waals surface area contributed by atoms with E-state index in [1.165, 1.54) is 89.9 Å². The second-order valence-corrected chi connectivity index (χ2v) is 15.4. The summed E-state index contributed by atoms with van der Waals surface area (Å²) < 4.78 is 5.87. The van der Waals surface area contributed by atoms with E-state index < -0.39 is 18.2 Å². The Kier molecular flexibility index (Phi) is 40.3. The van der Waals surface area contributed by atoms with Crippen LogP contribution in [0.3, 0.4) is 0 Å². The zero-order valence-corrected chi connectivity index (χ0v) is 35.6. The third kappa shape index (κ3) is 36.8. The highest BCUT2D eigenvalue weighted by Gasteiger charge is 2.24. The van der Waals surface area contributed by atoms with Crippen LogP contribution >= 0.6 is 0 Å². The third-order valence-electron chi connectivity index (χ3n) is 10.1. The number of aliphatic hydroxyl groups excluding tert-OH is 2. The van der Waals surface area contributed by atoms with Crippen molar-refractivity contribution in [2.24, 2.45) is 0 Å². The molecule has 0 bridgehead atoms. The van der Waals surface area contributed by atoms with E-state index in [1.54, 1.807) is 0 Å². The van der Waals surface area contributed by atoms with Crippen molar-refractivity contribution in [2.75, 3.05) is 6.61 Å². The Morgan fingerprint density at radius 2 is 1.00 bits per heavy atom. The van der Waals surface area contributed by atoms with Gasteiger partial charge in [-0.05, 0) is 83.5 Å². The first kappa shape index (κ1) is 51.8. The second kappa shape index (κ2) is 42.0. The minimum Gasteiger partial charge on any atom is -0.462 e. The van der Waals surface area contributed by atoms with Gasteiger partial charge in [0.15, 0.2) is 0 Å². The molecule has 0 heterocycles. The summed E-state index contributed by atoms with van der Waals surface area (Å²) in [6, 6.07) is -0.713. The number of hydrogen-bond donors (Lipinski definition) is 3. The molecule has 0 aromatic carbocycles. The van der Waals surface area contributed by atoms with Gasteiger partial charge in [-0.1, -0.05) is 172 Å². The molecule has 0 aliphatic heterocycles. The molecule has 0 saturated heterocycles. The topological polar surface area (TPSA) is 95.9 Å². The number of unbranched alkanes of at least 4 members (excludes halogenated alkanes) is 20. The van der Waals surface area contributed by atoms with Crippen molar-refractivity contribution in [1.82, 2.24) is 5.32 Å². The number of esters is 1. The summed E-state index contributed by atoms with van der Waals surface area (Å²) in [5.41, 5.74) is 0. The molecule has 54 heavy (non-hydrogen) atoms. The molecular formula is C48H87NO5. The van der Waals surface area contributed by atoms with Crippen molar-refractivity contribution in [1.29, 1.82) is 0 Å². The molecule has 0 radical (unpaired) electrons. The molecule has 0 aliphatic carbocycles. The molecule has 314 valence electrons. The maximum absolute atomic E-state index is 13.1. The lowest BCUT2D eigenvalue weighted by atomic mass is 10.0. The van der Waals surface area contributed by atoms with Gasteiger partial charge in [-0.15, -0.1) is 0 Å². The highest BCUT2D eigenvalue weighted by molar-refractivity contribution is 5.77. The molecule has 6 heteroatoms. The molecule has 0 rings (SSSR count). The molecule has 0 aromatic rings. The van der Waals surface area contributed by atoms with Gasteiger partial charge >= 0.3 is 5.97 Å². The van der Waals surface area contributed by atoms with Gasteiger partial charge < -0.3 is 20.3 Å². The fraction of sp³-hybridized carbons (Fsp3) is 0.792. The summed E-state index contributed by atoms with van der Waals surface area (Å²) in [5, 5.41) is 23.6. The van der Waals surface area contributed by atoms with Crippen LogP contribution in [-0.2, 0) is 14.3 Å². The molecular weight excluding hydrogens is 671 g/mol. The van der Waals surface area contributed by atoms with Gasteiger partial charge in [0.05, 0.1) is 25.2 Å². The van der Waals surface area contributed by atoms with Crippen LogP contribution < -0.4 is 5.32 Å². The first-order valence-electron chi connectivity index (χ1n) is 22.9. The highest BCUT2D eigenvalue weighted by Crippen LogP contribution is 2.17. The number of hydrogen-bond acceptors (Lipinski definition) is 5. The number of carbonyl (C=O) groups excluding carboxylic acids is 2. The van der Waals surface area contributed by atoms with E-state index in [9.17, 15) is 19.8 Å². The Hall–Kier alpha value is -2.18. The second-order valence-electron chi connectivity index (χ2n) is 15.4. The van der Waals surface area contributed by atoms with E-state index in [0.717, 1.165) is 83.5 Å².